The van der Waals surface area contributed by atoms with E-state index in [1.165, 1.54) is 11.2 Å². The van der Waals surface area contributed by atoms with Gasteiger partial charge < -0.3 is 15.4 Å². The van der Waals surface area contributed by atoms with Gasteiger partial charge in [-0.15, -0.1) is 11.3 Å². The Hall–Kier alpha value is -2.67. The topological polar surface area (TPSA) is 76.1 Å². The van der Waals surface area contributed by atoms with Gasteiger partial charge in [0.25, 0.3) is 0 Å². The molecule has 2 aromatic heterocycles. The molecule has 6 nitrogen and oxygen atoms in total. The number of carbonyl (C=O) groups excluding carboxylic acids is 1. The van der Waals surface area contributed by atoms with E-state index in [4.69, 9.17) is 4.74 Å². The SMILES string of the molecule is CCc1cc2c(NCC(=O)NCc3ccc(OC)cc3)ncnc2s1. The van der Waals surface area contributed by atoms with E-state index in [9.17, 15) is 4.79 Å². The first-order valence-corrected chi connectivity index (χ1v) is 8.88. The summed E-state index contributed by atoms with van der Waals surface area (Å²) < 4.78 is 5.12. The number of nitrogens with zero attached hydrogens (tertiary/aromatic N) is 2. The van der Waals surface area contributed by atoms with Gasteiger partial charge in [0.05, 0.1) is 19.0 Å². The maximum atomic E-state index is 12.1. The average molecular weight is 356 g/mol. The Morgan fingerprint density at radius 2 is 2.04 bits per heavy atom. The van der Waals surface area contributed by atoms with Gasteiger partial charge in [-0.2, -0.15) is 0 Å². The van der Waals surface area contributed by atoms with Crippen molar-refractivity contribution in [1.29, 1.82) is 0 Å². The van der Waals surface area contributed by atoms with Gasteiger partial charge in [0, 0.05) is 11.4 Å². The quantitative estimate of drug-likeness (QED) is 0.681. The van der Waals surface area contributed by atoms with Crippen LogP contribution in [0.4, 0.5) is 5.82 Å². The van der Waals surface area contributed by atoms with Crippen LogP contribution < -0.4 is 15.4 Å². The third kappa shape index (κ3) is 4.24. The molecule has 0 aliphatic rings. The third-order valence-electron chi connectivity index (χ3n) is 3.79. The summed E-state index contributed by atoms with van der Waals surface area (Å²) in [7, 11) is 1.63. The summed E-state index contributed by atoms with van der Waals surface area (Å²) in [6.45, 7) is 2.75. The molecule has 0 atom stereocenters. The molecule has 3 rings (SSSR count). The van der Waals surface area contributed by atoms with Crippen LogP contribution in [0.1, 0.15) is 17.4 Å². The highest BCUT2D eigenvalue weighted by Gasteiger charge is 2.09. The summed E-state index contributed by atoms with van der Waals surface area (Å²) in [4.78, 5) is 22.8. The number of hydrogen-bond donors (Lipinski definition) is 2. The van der Waals surface area contributed by atoms with Crippen molar-refractivity contribution < 1.29 is 9.53 Å². The fourth-order valence-corrected chi connectivity index (χ4v) is 3.33. The molecule has 0 aliphatic carbocycles. The highest BCUT2D eigenvalue weighted by atomic mass is 32.1. The Labute approximate surface area is 150 Å². The number of methoxy groups -OCH3 is 1. The van der Waals surface area contributed by atoms with Crippen LogP contribution in [0.5, 0.6) is 5.75 Å². The fourth-order valence-electron chi connectivity index (χ4n) is 2.39. The summed E-state index contributed by atoms with van der Waals surface area (Å²) in [6, 6.07) is 9.69. The molecule has 3 aromatic rings. The van der Waals surface area contributed by atoms with Crippen LogP contribution in [0.3, 0.4) is 0 Å². The van der Waals surface area contributed by atoms with Crippen molar-refractivity contribution >= 4 is 33.3 Å². The lowest BCUT2D eigenvalue weighted by Crippen LogP contribution is -2.29. The fraction of sp³-hybridized carbons (Fsp3) is 0.278. The minimum Gasteiger partial charge on any atom is -0.497 e. The number of anilines is 1. The summed E-state index contributed by atoms with van der Waals surface area (Å²) in [5.74, 6) is 1.40. The third-order valence-corrected chi connectivity index (χ3v) is 4.98. The number of aromatic nitrogens is 2. The molecule has 7 heteroatoms. The van der Waals surface area contributed by atoms with Gasteiger partial charge in [0.15, 0.2) is 0 Å². The number of rotatable bonds is 7. The lowest BCUT2D eigenvalue weighted by Gasteiger charge is -2.08. The molecule has 0 saturated carbocycles. The van der Waals surface area contributed by atoms with Gasteiger partial charge >= 0.3 is 0 Å². The molecule has 0 saturated heterocycles. The van der Waals surface area contributed by atoms with Gasteiger partial charge in [-0.05, 0) is 30.2 Å². The van der Waals surface area contributed by atoms with Gasteiger partial charge in [0.2, 0.25) is 5.91 Å². The van der Waals surface area contributed by atoms with Crippen molar-refractivity contribution in [2.24, 2.45) is 0 Å². The lowest BCUT2D eigenvalue weighted by molar-refractivity contribution is -0.119. The van der Waals surface area contributed by atoms with Crippen molar-refractivity contribution in [3.63, 3.8) is 0 Å². The minimum atomic E-state index is -0.0893. The molecule has 0 fully saturated rings. The van der Waals surface area contributed by atoms with Crippen LogP contribution in [0.25, 0.3) is 10.2 Å². The van der Waals surface area contributed by atoms with Crippen LogP contribution in [-0.2, 0) is 17.8 Å². The van der Waals surface area contributed by atoms with E-state index in [1.54, 1.807) is 18.4 Å². The van der Waals surface area contributed by atoms with Gasteiger partial charge in [-0.1, -0.05) is 19.1 Å². The van der Waals surface area contributed by atoms with Crippen molar-refractivity contribution in [2.75, 3.05) is 19.0 Å². The monoisotopic (exact) mass is 356 g/mol. The second-order valence-corrected chi connectivity index (χ2v) is 6.60. The van der Waals surface area contributed by atoms with Crippen LogP contribution >= 0.6 is 11.3 Å². The van der Waals surface area contributed by atoms with Crippen molar-refractivity contribution in [1.82, 2.24) is 15.3 Å². The molecule has 130 valence electrons. The summed E-state index contributed by atoms with van der Waals surface area (Å²) >= 11 is 1.65. The zero-order valence-electron chi connectivity index (χ0n) is 14.2. The van der Waals surface area contributed by atoms with Crippen LogP contribution in [0, 0.1) is 0 Å². The van der Waals surface area contributed by atoms with E-state index in [0.717, 1.165) is 28.0 Å². The lowest BCUT2D eigenvalue weighted by atomic mass is 10.2. The van der Waals surface area contributed by atoms with E-state index < -0.39 is 0 Å². The van der Waals surface area contributed by atoms with E-state index in [0.29, 0.717) is 12.4 Å². The largest absolute Gasteiger partial charge is 0.497 e. The van der Waals surface area contributed by atoms with Gasteiger partial charge in [-0.3, -0.25) is 4.79 Å². The number of carbonyl (C=O) groups is 1. The summed E-state index contributed by atoms with van der Waals surface area (Å²) in [5, 5.41) is 6.96. The Morgan fingerprint density at radius 3 is 2.76 bits per heavy atom. The normalized spacial score (nSPS) is 10.6. The predicted octanol–water partition coefficient (Wildman–Crippen LogP) is 2.99. The number of ether oxygens (including phenoxy) is 1. The molecule has 0 radical (unpaired) electrons. The first-order chi connectivity index (χ1) is 12.2. The van der Waals surface area contributed by atoms with Crippen molar-refractivity contribution in [2.45, 2.75) is 19.9 Å². The highest BCUT2D eigenvalue weighted by molar-refractivity contribution is 7.18. The maximum Gasteiger partial charge on any atom is 0.239 e. The Bertz CT molecular complexity index is 861. The standard InChI is InChI=1S/C18H20N4O2S/c1-3-14-8-15-17(21-11-22-18(15)25-14)20-10-16(23)19-9-12-4-6-13(24-2)7-5-12/h4-8,11H,3,9-10H2,1-2H3,(H,19,23)(H,20,21,22). The van der Waals surface area contributed by atoms with Crippen LogP contribution in [0.2, 0.25) is 0 Å². The summed E-state index contributed by atoms with van der Waals surface area (Å²) in [5.41, 5.74) is 1.02. The number of amides is 1. The molecule has 0 unspecified atom stereocenters. The Balaban J connectivity index is 1.56. The van der Waals surface area contributed by atoms with Crippen molar-refractivity contribution in [3.8, 4) is 5.75 Å². The molecule has 0 bridgehead atoms. The maximum absolute atomic E-state index is 12.1. The predicted molar refractivity (Wildman–Crippen MR) is 100 cm³/mol. The molecule has 1 amide bonds. The molecule has 2 N–H and O–H groups in total. The van der Waals surface area contributed by atoms with Crippen LogP contribution in [0.15, 0.2) is 36.7 Å². The molecule has 2 heterocycles. The number of hydrogen-bond acceptors (Lipinski definition) is 6. The Kier molecular flexibility index (Phi) is 5.45. The zero-order valence-corrected chi connectivity index (χ0v) is 15.0. The van der Waals surface area contributed by atoms with E-state index in [2.05, 4.69) is 33.6 Å². The molecule has 0 spiro atoms. The second kappa shape index (κ2) is 7.94. The highest BCUT2D eigenvalue weighted by Crippen LogP contribution is 2.28. The number of nitrogens with one attached hydrogen (secondary N) is 2. The average Bonchev–Trinajstić information content (AvgIpc) is 3.09. The molecular formula is C18H20N4O2S. The minimum absolute atomic E-state index is 0.0893. The molecule has 0 aliphatic heterocycles. The number of aryl methyl sites for hydroxylation is 1. The summed E-state index contributed by atoms with van der Waals surface area (Å²) in [6.07, 6.45) is 2.48. The second-order valence-electron chi connectivity index (χ2n) is 5.49. The molecule has 25 heavy (non-hydrogen) atoms. The smallest absolute Gasteiger partial charge is 0.239 e. The number of thiophene rings is 1. The molecular weight excluding hydrogens is 336 g/mol. The zero-order chi connectivity index (χ0) is 17.6. The first kappa shape index (κ1) is 17.2. The van der Waals surface area contributed by atoms with Gasteiger partial charge in [0.1, 0.15) is 22.7 Å². The van der Waals surface area contributed by atoms with Gasteiger partial charge in [-0.25, -0.2) is 9.97 Å². The first-order valence-electron chi connectivity index (χ1n) is 8.06. The molecule has 1 aromatic carbocycles. The number of benzene rings is 1. The number of fused-ring (bicyclic) bond motifs is 1. The Morgan fingerprint density at radius 1 is 1.24 bits per heavy atom. The van der Waals surface area contributed by atoms with Crippen molar-refractivity contribution in [3.05, 3.63) is 47.1 Å². The van der Waals surface area contributed by atoms with E-state index in [1.807, 2.05) is 24.3 Å². The van der Waals surface area contributed by atoms with Crippen LogP contribution in [-0.4, -0.2) is 29.5 Å². The van der Waals surface area contributed by atoms with E-state index in [-0.39, 0.29) is 12.5 Å². The van der Waals surface area contributed by atoms with E-state index >= 15 is 0 Å².